The van der Waals surface area contributed by atoms with Crippen molar-refractivity contribution in [3.8, 4) is 11.1 Å². The lowest BCUT2D eigenvalue weighted by Gasteiger charge is -2.19. The Morgan fingerprint density at radius 3 is 2.29 bits per heavy atom. The minimum Gasteiger partial charge on any atom is -0.456 e. The van der Waals surface area contributed by atoms with Gasteiger partial charge in [-0.25, -0.2) is 9.89 Å². The number of aryl methyl sites for hydroxylation is 1. The molecule has 0 aliphatic carbocycles. The summed E-state index contributed by atoms with van der Waals surface area (Å²) in [6.07, 6.45) is -4.56. The molecule has 7 nitrogen and oxygen atoms in total. The number of anilines is 3. The number of hydrogen-bond acceptors (Lipinski definition) is 7. The number of H-pyrrole nitrogens is 1. The lowest BCUT2D eigenvalue weighted by atomic mass is 9.94. The summed E-state index contributed by atoms with van der Waals surface area (Å²) in [6.45, 7) is 11.6. The number of hydrogen-bond donors (Lipinski definition) is 3. The van der Waals surface area contributed by atoms with Gasteiger partial charge in [-0.2, -0.15) is 18.2 Å². The third kappa shape index (κ3) is 8.28. The number of halogens is 3. The molecule has 0 bridgehead atoms. The summed E-state index contributed by atoms with van der Waals surface area (Å²) in [5.74, 6) is 0.0501. The minimum atomic E-state index is -4.56. The molecule has 0 atom stereocenters. The van der Waals surface area contributed by atoms with E-state index in [1.807, 2.05) is 32.9 Å². The van der Waals surface area contributed by atoms with Crippen LogP contribution in [-0.2, 0) is 17.5 Å². The van der Waals surface area contributed by atoms with Crippen LogP contribution in [0, 0.1) is 6.92 Å². The van der Waals surface area contributed by atoms with E-state index in [1.165, 1.54) is 0 Å². The van der Waals surface area contributed by atoms with Gasteiger partial charge in [0, 0.05) is 22.4 Å². The Balaban J connectivity index is 1.45. The SMILES string of the molecule is Cc1cc(Nc2n[nH]c(NCc3ccc(C(=O)OC(C)(C)C)cc3)n2)cc(C(F)(F)F)c1-c1ccc(SC(C)C)cc1. The summed E-state index contributed by atoms with van der Waals surface area (Å²) >= 11 is 1.66. The van der Waals surface area contributed by atoms with E-state index in [-0.39, 0.29) is 17.2 Å². The number of rotatable bonds is 9. The van der Waals surface area contributed by atoms with Crippen molar-refractivity contribution in [2.45, 2.75) is 70.0 Å². The average Bonchev–Trinajstić information content (AvgIpc) is 3.33. The summed E-state index contributed by atoms with van der Waals surface area (Å²) in [6, 6.07) is 16.8. The highest BCUT2D eigenvalue weighted by Gasteiger charge is 2.35. The van der Waals surface area contributed by atoms with Crippen molar-refractivity contribution in [3.63, 3.8) is 0 Å². The maximum absolute atomic E-state index is 14.2. The molecule has 1 aromatic heterocycles. The fourth-order valence-corrected chi connectivity index (χ4v) is 5.08. The van der Waals surface area contributed by atoms with Gasteiger partial charge in [-0.05, 0) is 86.3 Å². The highest BCUT2D eigenvalue weighted by molar-refractivity contribution is 7.99. The molecular weight excluding hydrogens is 563 g/mol. The van der Waals surface area contributed by atoms with Crippen LogP contribution in [0.5, 0.6) is 0 Å². The second-order valence-corrected chi connectivity index (χ2v) is 12.7. The second kappa shape index (κ2) is 12.5. The molecule has 0 radical (unpaired) electrons. The van der Waals surface area contributed by atoms with Crippen molar-refractivity contribution in [2.75, 3.05) is 10.6 Å². The summed E-state index contributed by atoms with van der Waals surface area (Å²) in [5.41, 5.74) is 1.35. The van der Waals surface area contributed by atoms with Crippen molar-refractivity contribution >= 4 is 35.3 Å². The van der Waals surface area contributed by atoms with Crippen molar-refractivity contribution in [2.24, 2.45) is 0 Å². The second-order valence-electron chi connectivity index (χ2n) is 11.1. The van der Waals surface area contributed by atoms with Crippen LogP contribution in [-0.4, -0.2) is 32.0 Å². The number of carbonyl (C=O) groups is 1. The van der Waals surface area contributed by atoms with Crippen molar-refractivity contribution in [1.82, 2.24) is 15.2 Å². The molecule has 0 unspecified atom stereocenters. The summed E-state index contributed by atoms with van der Waals surface area (Å²) < 4.78 is 47.9. The van der Waals surface area contributed by atoms with Crippen LogP contribution in [0.15, 0.2) is 65.6 Å². The van der Waals surface area contributed by atoms with Gasteiger partial charge in [0.05, 0.1) is 11.1 Å². The Hall–Kier alpha value is -3.99. The van der Waals surface area contributed by atoms with Gasteiger partial charge in [0.1, 0.15) is 5.60 Å². The Kier molecular flexibility index (Phi) is 9.20. The van der Waals surface area contributed by atoms with Crippen molar-refractivity contribution < 1.29 is 22.7 Å². The third-order valence-electron chi connectivity index (χ3n) is 5.95. The minimum absolute atomic E-state index is 0.119. The predicted octanol–water partition coefficient (Wildman–Crippen LogP) is 8.61. The van der Waals surface area contributed by atoms with Crippen molar-refractivity contribution in [3.05, 3.63) is 82.9 Å². The first-order valence-corrected chi connectivity index (χ1v) is 14.3. The zero-order valence-corrected chi connectivity index (χ0v) is 25.1. The number of alkyl halides is 3. The van der Waals surface area contributed by atoms with Crippen LogP contribution in [0.4, 0.5) is 30.8 Å². The molecule has 0 saturated heterocycles. The number of benzene rings is 3. The van der Waals surface area contributed by atoms with E-state index in [4.69, 9.17) is 4.74 Å². The molecule has 1 heterocycles. The smallest absolute Gasteiger partial charge is 0.417 e. The third-order valence-corrected chi connectivity index (χ3v) is 6.96. The largest absolute Gasteiger partial charge is 0.456 e. The van der Waals surface area contributed by atoms with Crippen LogP contribution in [0.2, 0.25) is 0 Å². The number of ether oxygens (including phenoxy) is 1. The summed E-state index contributed by atoms with van der Waals surface area (Å²) in [7, 11) is 0. The van der Waals surface area contributed by atoms with E-state index in [1.54, 1.807) is 61.2 Å². The monoisotopic (exact) mass is 597 g/mol. The molecule has 0 fully saturated rings. The molecule has 3 N–H and O–H groups in total. The molecule has 42 heavy (non-hydrogen) atoms. The summed E-state index contributed by atoms with van der Waals surface area (Å²) in [4.78, 5) is 17.5. The molecule has 0 saturated carbocycles. The van der Waals surface area contributed by atoms with E-state index < -0.39 is 23.3 Å². The van der Waals surface area contributed by atoms with Crippen LogP contribution < -0.4 is 10.6 Å². The molecule has 4 rings (SSSR count). The predicted molar refractivity (Wildman–Crippen MR) is 161 cm³/mol. The molecule has 0 aliphatic heterocycles. The fraction of sp³-hybridized carbons (Fsp3) is 0.323. The van der Waals surface area contributed by atoms with Gasteiger partial charge in [0.25, 0.3) is 0 Å². The normalized spacial score (nSPS) is 12.0. The number of esters is 1. The fourth-order valence-electron chi connectivity index (χ4n) is 4.25. The first-order valence-electron chi connectivity index (χ1n) is 13.4. The zero-order chi connectivity index (χ0) is 30.7. The number of thioether (sulfide) groups is 1. The average molecular weight is 598 g/mol. The van der Waals surface area contributed by atoms with Gasteiger partial charge >= 0.3 is 12.1 Å². The molecule has 3 aromatic carbocycles. The van der Waals surface area contributed by atoms with Gasteiger partial charge in [-0.1, -0.05) is 38.1 Å². The Bertz CT molecular complexity index is 1530. The lowest BCUT2D eigenvalue weighted by Crippen LogP contribution is -2.23. The van der Waals surface area contributed by atoms with Crippen LogP contribution >= 0.6 is 11.8 Å². The standard InChI is InChI=1S/C31H34F3N5O2S/c1-18(2)42-24-13-11-21(12-14-24)26-19(3)15-23(16-25(26)31(32,33)34)36-29-37-28(38-39-29)35-17-20-7-9-22(10-8-20)27(40)41-30(4,5)6/h7-16,18H,17H2,1-6H3,(H3,35,36,37,38,39). The molecule has 222 valence electrons. The topological polar surface area (TPSA) is 91.9 Å². The van der Waals surface area contributed by atoms with E-state index in [9.17, 15) is 18.0 Å². The number of nitrogens with one attached hydrogen (secondary N) is 3. The Morgan fingerprint density at radius 2 is 1.69 bits per heavy atom. The molecule has 0 amide bonds. The number of carbonyl (C=O) groups excluding carboxylic acids is 1. The van der Waals surface area contributed by atoms with Gasteiger partial charge in [0.15, 0.2) is 0 Å². The molecule has 0 aliphatic rings. The molecule has 11 heteroatoms. The quantitative estimate of drug-likeness (QED) is 0.131. The van der Waals surface area contributed by atoms with Gasteiger partial charge in [-0.15, -0.1) is 16.9 Å². The molecular formula is C31H34F3N5O2S. The molecule has 4 aromatic rings. The summed E-state index contributed by atoms with van der Waals surface area (Å²) in [5, 5.41) is 13.1. The first-order chi connectivity index (χ1) is 19.7. The van der Waals surface area contributed by atoms with Crippen LogP contribution in [0.25, 0.3) is 11.1 Å². The number of aromatic amines is 1. The van der Waals surface area contributed by atoms with Gasteiger partial charge in [-0.3, -0.25) is 0 Å². The van der Waals surface area contributed by atoms with Gasteiger partial charge in [0.2, 0.25) is 11.9 Å². The van der Waals surface area contributed by atoms with Gasteiger partial charge < -0.3 is 15.4 Å². The maximum Gasteiger partial charge on any atom is 0.417 e. The lowest BCUT2D eigenvalue weighted by molar-refractivity contribution is -0.137. The number of nitrogens with zero attached hydrogens (tertiary/aromatic N) is 2. The van der Waals surface area contributed by atoms with E-state index >= 15 is 0 Å². The maximum atomic E-state index is 14.2. The highest BCUT2D eigenvalue weighted by Crippen LogP contribution is 2.41. The van der Waals surface area contributed by atoms with Crippen LogP contribution in [0.3, 0.4) is 0 Å². The Morgan fingerprint density at radius 1 is 1.02 bits per heavy atom. The first kappa shape index (κ1) is 31.0. The van der Waals surface area contributed by atoms with Crippen LogP contribution in [0.1, 0.15) is 61.7 Å². The number of aromatic nitrogens is 3. The highest BCUT2D eigenvalue weighted by atomic mass is 32.2. The Labute approximate surface area is 247 Å². The van der Waals surface area contributed by atoms with Crippen molar-refractivity contribution in [1.29, 1.82) is 0 Å². The van der Waals surface area contributed by atoms with E-state index in [0.29, 0.717) is 34.4 Å². The molecule has 0 spiro atoms. The zero-order valence-electron chi connectivity index (χ0n) is 24.3. The van der Waals surface area contributed by atoms with E-state index in [0.717, 1.165) is 16.5 Å². The van der Waals surface area contributed by atoms with E-state index in [2.05, 4.69) is 39.7 Å².